The number of ether oxygens (including phenoxy) is 1. The first kappa shape index (κ1) is 17.9. The normalized spacial score (nSPS) is 30.4. The van der Waals surface area contributed by atoms with Crippen molar-refractivity contribution in [3.8, 4) is 5.75 Å². The van der Waals surface area contributed by atoms with E-state index < -0.39 is 0 Å². The van der Waals surface area contributed by atoms with E-state index in [2.05, 4.69) is 20.8 Å². The van der Waals surface area contributed by atoms with Gasteiger partial charge in [-0.1, -0.05) is 11.6 Å². The number of carbonyl (C=O) groups is 1. The zero-order valence-corrected chi connectivity index (χ0v) is 16.4. The highest BCUT2D eigenvalue weighted by atomic mass is 35.5. The maximum atomic E-state index is 12.8. The molecule has 7 nitrogen and oxygen atoms in total. The summed E-state index contributed by atoms with van der Waals surface area (Å²) in [6.07, 6.45) is 7.46. The summed E-state index contributed by atoms with van der Waals surface area (Å²) >= 11 is 5.89. The van der Waals surface area contributed by atoms with Crippen LogP contribution in [0.3, 0.4) is 0 Å². The molecule has 4 saturated carbocycles. The molecule has 1 aromatic carbocycles. The maximum Gasteiger partial charge on any atom is 0.242 e. The molecule has 4 aliphatic carbocycles. The third-order valence-electron chi connectivity index (χ3n) is 6.52. The van der Waals surface area contributed by atoms with E-state index in [1.807, 2.05) is 0 Å². The van der Waals surface area contributed by atoms with Crippen LogP contribution in [0.5, 0.6) is 5.75 Å². The maximum absolute atomic E-state index is 12.8. The van der Waals surface area contributed by atoms with E-state index in [-0.39, 0.29) is 24.6 Å². The largest absolute Gasteiger partial charge is 0.486 e. The van der Waals surface area contributed by atoms with E-state index >= 15 is 0 Å². The fourth-order valence-electron chi connectivity index (χ4n) is 5.86. The van der Waals surface area contributed by atoms with Gasteiger partial charge in [0.15, 0.2) is 5.82 Å². The van der Waals surface area contributed by atoms with Crippen molar-refractivity contribution in [3.63, 3.8) is 0 Å². The van der Waals surface area contributed by atoms with E-state index in [0.717, 1.165) is 37.0 Å². The van der Waals surface area contributed by atoms with Crippen LogP contribution in [0.4, 0.5) is 0 Å². The van der Waals surface area contributed by atoms with E-state index in [9.17, 15) is 4.79 Å². The highest BCUT2D eigenvalue weighted by Crippen LogP contribution is 2.55. The first-order valence-electron chi connectivity index (χ1n) is 10.0. The van der Waals surface area contributed by atoms with Gasteiger partial charge >= 0.3 is 0 Å². The van der Waals surface area contributed by atoms with Gasteiger partial charge in [0.2, 0.25) is 5.91 Å². The number of nitrogens with zero attached hydrogens (tertiary/aromatic N) is 4. The summed E-state index contributed by atoms with van der Waals surface area (Å²) in [5.41, 5.74) is -0.000185. The number of carbonyl (C=O) groups excluding carboxylic acids is 1. The van der Waals surface area contributed by atoms with Crippen LogP contribution in [0.15, 0.2) is 24.3 Å². The first-order valence-corrected chi connectivity index (χ1v) is 10.4. The van der Waals surface area contributed by atoms with Crippen molar-refractivity contribution < 1.29 is 9.53 Å². The van der Waals surface area contributed by atoms with Gasteiger partial charge in [0.25, 0.3) is 0 Å². The molecule has 0 atom stereocenters. The molecule has 0 aliphatic heterocycles. The van der Waals surface area contributed by atoms with Gasteiger partial charge in [-0.05, 0) is 91.0 Å². The molecule has 0 spiro atoms. The quantitative estimate of drug-likeness (QED) is 0.804. The minimum absolute atomic E-state index is 0.000185. The summed E-state index contributed by atoms with van der Waals surface area (Å²) in [6, 6.07) is 7.10. The van der Waals surface area contributed by atoms with Gasteiger partial charge < -0.3 is 10.1 Å². The fourth-order valence-corrected chi connectivity index (χ4v) is 5.99. The number of aromatic nitrogens is 4. The van der Waals surface area contributed by atoms with E-state index in [1.165, 1.54) is 23.9 Å². The summed E-state index contributed by atoms with van der Waals surface area (Å²) < 4.78 is 7.23. The van der Waals surface area contributed by atoms with E-state index in [1.54, 1.807) is 24.3 Å². The molecular formula is C20H24ClN5O2. The predicted molar refractivity (Wildman–Crippen MR) is 103 cm³/mol. The molecule has 4 aliphatic rings. The van der Waals surface area contributed by atoms with Crippen molar-refractivity contribution in [1.29, 1.82) is 0 Å². The molecule has 2 aromatic rings. The summed E-state index contributed by atoms with van der Waals surface area (Å²) in [5.74, 6) is 3.57. The molecule has 0 saturated heterocycles. The zero-order chi connectivity index (χ0) is 19.1. The molecule has 1 N–H and O–H groups in total. The number of benzene rings is 1. The Balaban J connectivity index is 1.20. The van der Waals surface area contributed by atoms with Gasteiger partial charge in [-0.2, -0.15) is 0 Å². The minimum Gasteiger partial charge on any atom is -0.486 e. The Bertz CT molecular complexity index is 830. The van der Waals surface area contributed by atoms with Gasteiger partial charge in [0, 0.05) is 10.6 Å². The average Bonchev–Trinajstić information content (AvgIpc) is 3.06. The van der Waals surface area contributed by atoms with Crippen LogP contribution in [0.2, 0.25) is 5.02 Å². The fraction of sp³-hybridized carbons (Fsp3) is 0.600. The highest BCUT2D eigenvalue weighted by Gasteiger charge is 2.51. The highest BCUT2D eigenvalue weighted by molar-refractivity contribution is 6.30. The number of amides is 1. The second-order valence-electron chi connectivity index (χ2n) is 8.74. The van der Waals surface area contributed by atoms with Crippen LogP contribution < -0.4 is 10.1 Å². The number of hydrogen-bond acceptors (Lipinski definition) is 5. The molecule has 1 heterocycles. The second-order valence-corrected chi connectivity index (χ2v) is 9.18. The standard InChI is InChI=1S/C20H24ClN5O2/c21-16-1-3-17(4-2-16)28-12-18-23-24-25-26(18)11-19(27)22-20-8-13-5-14(9-20)7-15(6-13)10-20/h1-4,13-15H,5-12H2,(H,22,27). The van der Waals surface area contributed by atoms with Crippen LogP contribution in [0, 0.1) is 17.8 Å². The number of halogens is 1. The third kappa shape index (κ3) is 3.60. The van der Waals surface area contributed by atoms with Crippen LogP contribution >= 0.6 is 11.6 Å². The number of rotatable bonds is 6. The Morgan fingerprint density at radius 3 is 2.43 bits per heavy atom. The van der Waals surface area contributed by atoms with Gasteiger partial charge in [-0.25, -0.2) is 4.68 Å². The topological polar surface area (TPSA) is 81.9 Å². The molecule has 4 fully saturated rings. The van der Waals surface area contributed by atoms with Crippen molar-refractivity contribution in [3.05, 3.63) is 35.1 Å². The monoisotopic (exact) mass is 401 g/mol. The smallest absolute Gasteiger partial charge is 0.242 e. The first-order chi connectivity index (χ1) is 13.6. The molecule has 0 unspecified atom stereocenters. The van der Waals surface area contributed by atoms with E-state index in [0.29, 0.717) is 16.6 Å². The lowest BCUT2D eigenvalue weighted by atomic mass is 9.53. The number of tetrazole rings is 1. The predicted octanol–water partition coefficient (Wildman–Crippen LogP) is 2.99. The lowest BCUT2D eigenvalue weighted by molar-refractivity contribution is -0.127. The molecule has 4 bridgehead atoms. The Hall–Kier alpha value is -2.15. The Labute approximate surface area is 168 Å². The zero-order valence-electron chi connectivity index (χ0n) is 15.7. The summed E-state index contributed by atoms with van der Waals surface area (Å²) in [4.78, 5) is 12.8. The van der Waals surface area contributed by atoms with Crippen molar-refractivity contribution in [2.75, 3.05) is 0 Å². The van der Waals surface area contributed by atoms with Crippen LogP contribution in [-0.2, 0) is 17.9 Å². The van der Waals surface area contributed by atoms with Crippen molar-refractivity contribution in [2.45, 2.75) is 57.2 Å². The van der Waals surface area contributed by atoms with Gasteiger partial charge in [-0.15, -0.1) is 5.10 Å². The van der Waals surface area contributed by atoms with Gasteiger partial charge in [-0.3, -0.25) is 4.79 Å². The SMILES string of the molecule is O=C(Cn1nnnc1COc1ccc(Cl)cc1)NC12CC3CC(CC(C3)C1)C2. The van der Waals surface area contributed by atoms with Crippen molar-refractivity contribution >= 4 is 17.5 Å². The van der Waals surface area contributed by atoms with Crippen LogP contribution in [0.25, 0.3) is 0 Å². The third-order valence-corrected chi connectivity index (χ3v) is 6.78. The van der Waals surface area contributed by atoms with Crippen LogP contribution in [0.1, 0.15) is 44.3 Å². The molecule has 6 rings (SSSR count). The molecule has 0 radical (unpaired) electrons. The minimum atomic E-state index is -0.0120. The number of nitrogens with one attached hydrogen (secondary N) is 1. The number of hydrogen-bond donors (Lipinski definition) is 1. The lowest BCUT2D eigenvalue weighted by Crippen LogP contribution is -2.60. The molecule has 1 amide bonds. The van der Waals surface area contributed by atoms with Crippen molar-refractivity contribution in [1.82, 2.24) is 25.5 Å². The molecule has 28 heavy (non-hydrogen) atoms. The summed E-state index contributed by atoms with van der Waals surface area (Å²) in [6.45, 7) is 0.313. The summed E-state index contributed by atoms with van der Waals surface area (Å²) in [5, 5.41) is 15.7. The molecular weight excluding hydrogens is 378 g/mol. The molecule has 8 heteroatoms. The van der Waals surface area contributed by atoms with Crippen LogP contribution in [-0.4, -0.2) is 31.7 Å². The van der Waals surface area contributed by atoms with E-state index in [4.69, 9.17) is 16.3 Å². The molecule has 148 valence electrons. The lowest BCUT2D eigenvalue weighted by Gasteiger charge is -2.56. The molecule has 1 aromatic heterocycles. The Kier molecular flexibility index (Phi) is 4.50. The van der Waals surface area contributed by atoms with Crippen molar-refractivity contribution in [2.24, 2.45) is 17.8 Å². The summed E-state index contributed by atoms with van der Waals surface area (Å²) in [7, 11) is 0. The average molecular weight is 402 g/mol. The van der Waals surface area contributed by atoms with Gasteiger partial charge in [0.05, 0.1) is 0 Å². The Morgan fingerprint density at radius 2 is 1.79 bits per heavy atom. The van der Waals surface area contributed by atoms with Gasteiger partial charge in [0.1, 0.15) is 18.9 Å². The second kappa shape index (κ2) is 7.03. The Morgan fingerprint density at radius 1 is 1.14 bits per heavy atom.